The van der Waals surface area contributed by atoms with Crippen LogP contribution in [0.1, 0.15) is 0 Å². The van der Waals surface area contributed by atoms with Gasteiger partial charge in [-0.25, -0.2) is 5.10 Å². The van der Waals surface area contributed by atoms with Crippen molar-refractivity contribution in [2.24, 2.45) is 5.73 Å². The van der Waals surface area contributed by atoms with Crippen molar-refractivity contribution in [3.8, 4) is 0 Å². The standard InChI is InChI=1S/C3H7N.CH2N4/c1-2-3-4;1-2-4-5-3-1/h2H,1,3-4H2;1H,(H,2,3,4,5). The first-order valence-corrected chi connectivity index (χ1v) is 2.40. The summed E-state index contributed by atoms with van der Waals surface area (Å²) in [5.41, 5.74) is 4.91. The van der Waals surface area contributed by atoms with E-state index in [9.17, 15) is 0 Å². The Hall–Kier alpha value is -1.23. The van der Waals surface area contributed by atoms with Crippen LogP contribution in [0.5, 0.6) is 0 Å². The first kappa shape index (κ1) is 7.77. The van der Waals surface area contributed by atoms with E-state index in [4.69, 9.17) is 5.73 Å². The molecule has 0 amide bonds. The first-order valence-electron chi connectivity index (χ1n) is 2.40. The first-order chi connectivity index (χ1) is 4.41. The molecular formula is C4H9N5. The molecule has 5 nitrogen and oxygen atoms in total. The lowest BCUT2D eigenvalue weighted by Gasteiger charge is -1.61. The summed E-state index contributed by atoms with van der Waals surface area (Å²) in [5.74, 6) is 0. The van der Waals surface area contributed by atoms with Crippen LogP contribution in [0.15, 0.2) is 19.0 Å². The van der Waals surface area contributed by atoms with Gasteiger partial charge < -0.3 is 5.73 Å². The molecule has 0 saturated heterocycles. The maximum atomic E-state index is 4.91. The minimum absolute atomic E-state index is 0.583. The number of nitrogens with zero attached hydrogens (tertiary/aromatic N) is 3. The summed E-state index contributed by atoms with van der Waals surface area (Å²) in [6, 6.07) is 0. The van der Waals surface area contributed by atoms with E-state index < -0.39 is 0 Å². The van der Waals surface area contributed by atoms with E-state index in [1.807, 2.05) is 0 Å². The highest BCUT2D eigenvalue weighted by atomic mass is 15.5. The molecule has 0 spiro atoms. The molecule has 0 fully saturated rings. The largest absolute Gasteiger partial charge is 0.327 e. The van der Waals surface area contributed by atoms with E-state index in [0.717, 1.165) is 0 Å². The normalized spacial score (nSPS) is 7.22. The van der Waals surface area contributed by atoms with Gasteiger partial charge in [-0.05, 0) is 10.4 Å². The van der Waals surface area contributed by atoms with Crippen LogP contribution in [0.2, 0.25) is 0 Å². The number of aromatic nitrogens is 4. The van der Waals surface area contributed by atoms with Crippen LogP contribution in [0.3, 0.4) is 0 Å². The molecule has 0 aliphatic heterocycles. The summed E-state index contributed by atoms with van der Waals surface area (Å²) in [7, 11) is 0. The lowest BCUT2D eigenvalue weighted by molar-refractivity contribution is 0.881. The highest BCUT2D eigenvalue weighted by molar-refractivity contribution is 4.64. The van der Waals surface area contributed by atoms with Crippen molar-refractivity contribution in [1.82, 2.24) is 20.6 Å². The molecule has 0 bridgehead atoms. The smallest absolute Gasteiger partial charge is 0.135 e. The average molecular weight is 127 g/mol. The number of nitrogens with one attached hydrogen (secondary N) is 1. The van der Waals surface area contributed by atoms with Crippen LogP contribution in [-0.2, 0) is 0 Å². The second kappa shape index (κ2) is 6.77. The van der Waals surface area contributed by atoms with Gasteiger partial charge >= 0.3 is 0 Å². The van der Waals surface area contributed by atoms with E-state index in [0.29, 0.717) is 6.54 Å². The molecule has 0 saturated carbocycles. The number of aromatic amines is 1. The summed E-state index contributed by atoms with van der Waals surface area (Å²) in [5, 5.41) is 12.1. The highest BCUT2D eigenvalue weighted by Crippen LogP contribution is 1.43. The maximum absolute atomic E-state index is 4.91. The highest BCUT2D eigenvalue weighted by Gasteiger charge is 1.58. The average Bonchev–Trinajstić information content (AvgIpc) is 2.43. The number of rotatable bonds is 1. The van der Waals surface area contributed by atoms with Crippen LogP contribution in [0, 0.1) is 0 Å². The monoisotopic (exact) mass is 127 g/mol. The van der Waals surface area contributed by atoms with Crippen LogP contribution in [-0.4, -0.2) is 27.2 Å². The van der Waals surface area contributed by atoms with Crippen molar-refractivity contribution in [3.05, 3.63) is 19.0 Å². The lowest BCUT2D eigenvalue weighted by Crippen LogP contribution is -1.90. The lowest BCUT2D eigenvalue weighted by atomic mass is 10.7. The number of hydrogen-bond acceptors (Lipinski definition) is 4. The fourth-order valence-electron chi connectivity index (χ4n) is 0.129. The molecule has 5 heteroatoms. The van der Waals surface area contributed by atoms with Crippen molar-refractivity contribution in [2.45, 2.75) is 0 Å². The van der Waals surface area contributed by atoms with E-state index in [1.54, 1.807) is 6.08 Å². The van der Waals surface area contributed by atoms with E-state index in [1.165, 1.54) is 6.33 Å². The zero-order valence-electron chi connectivity index (χ0n) is 4.99. The van der Waals surface area contributed by atoms with Crippen LogP contribution in [0.25, 0.3) is 0 Å². The van der Waals surface area contributed by atoms with Gasteiger partial charge in [-0.3, -0.25) is 0 Å². The molecule has 1 rings (SSSR count). The topological polar surface area (TPSA) is 80.5 Å². The quantitative estimate of drug-likeness (QED) is 0.490. The number of tetrazole rings is 1. The minimum Gasteiger partial charge on any atom is -0.327 e. The third kappa shape index (κ3) is 6.77. The molecule has 0 aromatic carbocycles. The fraction of sp³-hybridized carbons (Fsp3) is 0.250. The Balaban J connectivity index is 0.000000148. The molecule has 0 aliphatic carbocycles. The number of hydrogen-bond donors (Lipinski definition) is 2. The SMILES string of the molecule is C=CCN.c1nnn[nH]1. The minimum atomic E-state index is 0.583. The van der Waals surface area contributed by atoms with Crippen molar-refractivity contribution >= 4 is 0 Å². The number of nitrogens with two attached hydrogens (primary N) is 1. The van der Waals surface area contributed by atoms with Gasteiger partial charge in [0, 0.05) is 6.54 Å². The fourth-order valence-corrected chi connectivity index (χ4v) is 0.129. The molecule has 0 radical (unpaired) electrons. The van der Waals surface area contributed by atoms with Crippen LogP contribution >= 0.6 is 0 Å². The number of H-pyrrole nitrogens is 1. The Bertz CT molecular complexity index is 106. The third-order valence-electron chi connectivity index (χ3n) is 0.436. The van der Waals surface area contributed by atoms with Gasteiger partial charge in [0.1, 0.15) is 6.33 Å². The van der Waals surface area contributed by atoms with E-state index in [-0.39, 0.29) is 0 Å². The third-order valence-corrected chi connectivity index (χ3v) is 0.436. The summed E-state index contributed by atoms with van der Waals surface area (Å²) >= 11 is 0. The zero-order chi connectivity index (χ0) is 6.95. The molecule has 1 aromatic heterocycles. The Morgan fingerprint density at radius 2 is 2.44 bits per heavy atom. The molecule has 0 atom stereocenters. The molecule has 3 N–H and O–H groups in total. The van der Waals surface area contributed by atoms with E-state index >= 15 is 0 Å². The van der Waals surface area contributed by atoms with Crippen molar-refractivity contribution < 1.29 is 0 Å². The summed E-state index contributed by atoms with van der Waals surface area (Å²) in [4.78, 5) is 0. The van der Waals surface area contributed by atoms with Gasteiger partial charge in [-0.15, -0.1) is 11.7 Å². The van der Waals surface area contributed by atoms with Crippen molar-refractivity contribution in [2.75, 3.05) is 6.54 Å². The van der Waals surface area contributed by atoms with E-state index in [2.05, 4.69) is 27.2 Å². The van der Waals surface area contributed by atoms with Crippen LogP contribution in [0.4, 0.5) is 0 Å². The maximum Gasteiger partial charge on any atom is 0.135 e. The Morgan fingerprint density at radius 1 is 1.78 bits per heavy atom. The van der Waals surface area contributed by atoms with Gasteiger partial charge in [-0.1, -0.05) is 6.08 Å². The van der Waals surface area contributed by atoms with Gasteiger partial charge in [-0.2, -0.15) is 0 Å². The van der Waals surface area contributed by atoms with Crippen LogP contribution < -0.4 is 5.73 Å². The Labute approximate surface area is 53.0 Å². The molecule has 1 heterocycles. The molecule has 9 heavy (non-hydrogen) atoms. The van der Waals surface area contributed by atoms with Crippen molar-refractivity contribution in [1.29, 1.82) is 0 Å². The zero-order valence-corrected chi connectivity index (χ0v) is 4.99. The molecule has 0 unspecified atom stereocenters. The Morgan fingerprint density at radius 3 is 2.56 bits per heavy atom. The van der Waals surface area contributed by atoms with Gasteiger partial charge in [0.15, 0.2) is 0 Å². The van der Waals surface area contributed by atoms with Gasteiger partial charge in [0.25, 0.3) is 0 Å². The summed E-state index contributed by atoms with van der Waals surface area (Å²) < 4.78 is 0. The second-order valence-electron chi connectivity index (χ2n) is 1.09. The van der Waals surface area contributed by atoms with Gasteiger partial charge in [0.2, 0.25) is 0 Å². The summed E-state index contributed by atoms with van der Waals surface area (Å²) in [6.45, 7) is 3.94. The molecule has 0 aliphatic rings. The van der Waals surface area contributed by atoms with Gasteiger partial charge in [0.05, 0.1) is 0 Å². The second-order valence-corrected chi connectivity index (χ2v) is 1.09. The predicted molar refractivity (Wildman–Crippen MR) is 33.4 cm³/mol. The Kier molecular flexibility index (Phi) is 5.84. The molecule has 50 valence electrons. The summed E-state index contributed by atoms with van der Waals surface area (Å²) in [6.07, 6.45) is 3.06. The molecule has 1 aromatic rings. The van der Waals surface area contributed by atoms with Crippen molar-refractivity contribution in [3.63, 3.8) is 0 Å². The molecular weight excluding hydrogens is 118 g/mol. The predicted octanol–water partition coefficient (Wildman–Crippen LogP) is -0.669.